The Morgan fingerprint density at radius 1 is 1.50 bits per heavy atom. The molecule has 20 heavy (non-hydrogen) atoms. The van der Waals surface area contributed by atoms with Gasteiger partial charge in [0.25, 0.3) is 5.56 Å². The second kappa shape index (κ2) is 5.62. The molecule has 0 aliphatic carbocycles. The monoisotopic (exact) mass is 286 g/mol. The van der Waals surface area contributed by atoms with E-state index in [-0.39, 0.29) is 36.9 Å². The standard InChI is InChI=1S/C13H20N4O3/c1-9(18)6-4-5-7-17-12(19)10-11(14-8-15(10)2)16(3)13(17)20/h8-9,18H,4-7H2,1-3H3/i1D3,6D2,8D. The van der Waals surface area contributed by atoms with Crippen LogP contribution < -0.4 is 11.2 Å². The molecule has 0 spiro atoms. The average Bonchev–Trinajstić information content (AvgIpc) is 2.82. The van der Waals surface area contributed by atoms with Crippen molar-refractivity contribution in [1.82, 2.24) is 18.7 Å². The lowest BCUT2D eigenvalue weighted by Gasteiger charge is -2.09. The molecular formula is C13H20N4O3. The molecule has 110 valence electrons. The van der Waals surface area contributed by atoms with E-state index in [0.29, 0.717) is 0 Å². The maximum Gasteiger partial charge on any atom is 0.332 e. The molecule has 2 rings (SSSR count). The quantitative estimate of drug-likeness (QED) is 0.838. The van der Waals surface area contributed by atoms with Crippen LogP contribution in [0.4, 0.5) is 0 Å². The highest BCUT2D eigenvalue weighted by atomic mass is 16.3. The van der Waals surface area contributed by atoms with Crippen molar-refractivity contribution < 1.29 is 13.3 Å². The van der Waals surface area contributed by atoms with E-state index >= 15 is 0 Å². The Morgan fingerprint density at radius 2 is 2.25 bits per heavy atom. The van der Waals surface area contributed by atoms with E-state index in [9.17, 15) is 14.7 Å². The van der Waals surface area contributed by atoms with E-state index in [4.69, 9.17) is 8.22 Å². The van der Waals surface area contributed by atoms with Crippen LogP contribution in [-0.2, 0) is 20.6 Å². The molecule has 2 aromatic rings. The predicted octanol–water partition coefficient (Wildman–Crippen LogP) is -0.0152. The van der Waals surface area contributed by atoms with E-state index in [1.165, 1.54) is 18.7 Å². The molecule has 0 saturated carbocycles. The van der Waals surface area contributed by atoms with Gasteiger partial charge in [-0.3, -0.25) is 13.9 Å². The fourth-order valence-electron chi connectivity index (χ4n) is 2.01. The zero-order valence-corrected chi connectivity index (χ0v) is 11.3. The summed E-state index contributed by atoms with van der Waals surface area (Å²) in [5.74, 6) is 0. The fraction of sp³-hybridized carbons (Fsp3) is 0.615. The first-order chi connectivity index (χ1) is 11.8. The van der Waals surface area contributed by atoms with E-state index in [2.05, 4.69) is 4.98 Å². The number of aromatic nitrogens is 4. The van der Waals surface area contributed by atoms with Crippen molar-refractivity contribution in [2.45, 2.75) is 38.7 Å². The molecule has 7 heteroatoms. The Labute approximate surface area is 124 Å². The highest BCUT2D eigenvalue weighted by Gasteiger charge is 2.14. The van der Waals surface area contributed by atoms with Crippen molar-refractivity contribution in [3.05, 3.63) is 27.1 Å². The summed E-state index contributed by atoms with van der Waals surface area (Å²) < 4.78 is 47.7. The van der Waals surface area contributed by atoms with Gasteiger partial charge < -0.3 is 9.67 Å². The van der Waals surface area contributed by atoms with Gasteiger partial charge in [-0.15, -0.1) is 0 Å². The third-order valence-corrected chi connectivity index (χ3v) is 3.03. The summed E-state index contributed by atoms with van der Waals surface area (Å²) in [4.78, 5) is 28.8. The first-order valence-corrected chi connectivity index (χ1v) is 6.10. The Bertz CT molecular complexity index is 942. The summed E-state index contributed by atoms with van der Waals surface area (Å²) in [5.41, 5.74) is -1.18. The number of imidazole rings is 1. The van der Waals surface area contributed by atoms with Crippen LogP contribution in [0.5, 0.6) is 0 Å². The summed E-state index contributed by atoms with van der Waals surface area (Å²) in [6.07, 6.45) is -5.13. The summed E-state index contributed by atoms with van der Waals surface area (Å²) in [6.45, 7) is -3.03. The molecule has 7 nitrogen and oxygen atoms in total. The molecule has 0 aliphatic rings. The lowest BCUT2D eigenvalue weighted by Crippen LogP contribution is -2.39. The number of hydrogen-bond acceptors (Lipinski definition) is 4. The third kappa shape index (κ3) is 2.53. The number of fused-ring (bicyclic) bond motifs is 1. The number of hydrogen-bond donors (Lipinski definition) is 1. The van der Waals surface area contributed by atoms with E-state index in [1.54, 1.807) is 0 Å². The van der Waals surface area contributed by atoms with Gasteiger partial charge in [-0.25, -0.2) is 9.78 Å². The molecule has 2 aromatic heterocycles. The Kier molecular flexibility index (Phi) is 2.36. The van der Waals surface area contributed by atoms with Crippen LogP contribution in [0.3, 0.4) is 0 Å². The van der Waals surface area contributed by atoms with Crippen molar-refractivity contribution >= 4 is 11.2 Å². The Hall–Kier alpha value is -1.89. The molecule has 0 radical (unpaired) electrons. The van der Waals surface area contributed by atoms with Crippen molar-refractivity contribution in [2.24, 2.45) is 14.1 Å². The van der Waals surface area contributed by atoms with Crippen molar-refractivity contribution in [3.63, 3.8) is 0 Å². The van der Waals surface area contributed by atoms with E-state index in [1.807, 2.05) is 0 Å². The van der Waals surface area contributed by atoms with Gasteiger partial charge in [0.2, 0.25) is 0 Å². The molecule has 0 aliphatic heterocycles. The lowest BCUT2D eigenvalue weighted by molar-refractivity contribution is 0.180. The maximum absolute atomic E-state index is 12.6. The molecule has 0 aromatic carbocycles. The molecule has 0 bridgehead atoms. The number of aryl methyl sites for hydroxylation is 2. The van der Waals surface area contributed by atoms with Crippen LogP contribution in [0, 0.1) is 0 Å². The number of aliphatic hydroxyl groups is 1. The van der Waals surface area contributed by atoms with Gasteiger partial charge in [0, 0.05) is 27.5 Å². The van der Waals surface area contributed by atoms with E-state index in [0.717, 1.165) is 9.13 Å². The van der Waals surface area contributed by atoms with Gasteiger partial charge in [0.1, 0.15) is 1.37 Å². The van der Waals surface area contributed by atoms with Crippen LogP contribution in [0.2, 0.25) is 0 Å². The van der Waals surface area contributed by atoms with Gasteiger partial charge in [0.15, 0.2) is 11.2 Å². The van der Waals surface area contributed by atoms with Gasteiger partial charge in [-0.1, -0.05) is 0 Å². The van der Waals surface area contributed by atoms with Crippen molar-refractivity contribution in [3.8, 4) is 0 Å². The zero-order valence-electron chi connectivity index (χ0n) is 17.3. The SMILES string of the molecule is [2H]c1nc2c(c(=O)n(CCCC([2H])([2H])C(O)C([2H])([2H])[2H])c(=O)n2C)n1C. The Balaban J connectivity index is 2.32. The van der Waals surface area contributed by atoms with Crippen LogP contribution >= 0.6 is 0 Å². The van der Waals surface area contributed by atoms with Gasteiger partial charge in [-0.2, -0.15) is 0 Å². The molecule has 1 N–H and O–H groups in total. The minimum atomic E-state index is -2.87. The summed E-state index contributed by atoms with van der Waals surface area (Å²) >= 11 is 0. The third-order valence-electron chi connectivity index (χ3n) is 3.03. The van der Waals surface area contributed by atoms with Crippen LogP contribution in [0.15, 0.2) is 15.9 Å². The largest absolute Gasteiger partial charge is 0.393 e. The number of aliphatic hydroxyl groups excluding tert-OH is 1. The van der Waals surface area contributed by atoms with Gasteiger partial charge in [-0.05, 0) is 26.1 Å². The average molecular weight is 286 g/mol. The molecule has 2 heterocycles. The fourth-order valence-corrected chi connectivity index (χ4v) is 2.01. The molecule has 1 atom stereocenters. The topological polar surface area (TPSA) is 82.1 Å². The predicted molar refractivity (Wildman–Crippen MR) is 75.7 cm³/mol. The maximum atomic E-state index is 12.6. The van der Waals surface area contributed by atoms with Gasteiger partial charge >= 0.3 is 5.69 Å². The summed E-state index contributed by atoms with van der Waals surface area (Å²) in [7, 11) is 2.88. The first-order valence-electron chi connectivity index (χ1n) is 9.10. The second-order valence-electron chi connectivity index (χ2n) is 4.45. The smallest absolute Gasteiger partial charge is 0.332 e. The van der Waals surface area contributed by atoms with E-state index < -0.39 is 30.6 Å². The molecular weight excluding hydrogens is 260 g/mol. The highest BCUT2D eigenvalue weighted by Crippen LogP contribution is 2.04. The minimum absolute atomic E-state index is 0.0353. The lowest BCUT2D eigenvalue weighted by atomic mass is 10.2. The van der Waals surface area contributed by atoms with Crippen LogP contribution in [0.1, 0.15) is 34.3 Å². The normalized spacial score (nSPS) is 18.8. The number of rotatable bonds is 5. The number of nitrogens with zero attached hydrogens (tertiary/aromatic N) is 4. The zero-order chi connectivity index (χ0) is 20.0. The summed E-state index contributed by atoms with van der Waals surface area (Å²) in [5, 5.41) is 9.64. The van der Waals surface area contributed by atoms with Crippen LogP contribution in [-0.4, -0.2) is 29.9 Å². The molecule has 1 unspecified atom stereocenters. The van der Waals surface area contributed by atoms with Gasteiger partial charge in [0.05, 0.1) is 12.4 Å². The first kappa shape index (κ1) is 8.41. The molecule has 0 fully saturated rings. The van der Waals surface area contributed by atoms with Crippen LogP contribution in [0.25, 0.3) is 11.2 Å². The van der Waals surface area contributed by atoms with Crippen molar-refractivity contribution in [2.75, 3.05) is 0 Å². The molecule has 0 saturated heterocycles. The summed E-state index contributed by atoms with van der Waals surface area (Å²) in [6, 6.07) is 0. The Morgan fingerprint density at radius 3 is 2.95 bits per heavy atom. The minimum Gasteiger partial charge on any atom is -0.393 e. The molecule has 0 amide bonds. The highest BCUT2D eigenvalue weighted by molar-refractivity contribution is 5.69. The second-order valence-corrected chi connectivity index (χ2v) is 4.45. The van der Waals surface area contributed by atoms with Crippen molar-refractivity contribution in [1.29, 1.82) is 0 Å².